The number of hydrogen-bond acceptors (Lipinski definition) is 3. The summed E-state index contributed by atoms with van der Waals surface area (Å²) in [7, 11) is 0. The average molecular weight is 173 g/mol. The minimum atomic E-state index is -0.780. The Labute approximate surface area is 77.8 Å². The molecule has 0 aromatic rings. The molecule has 0 fully saturated rings. The molecule has 2 atom stereocenters. The van der Waals surface area contributed by atoms with Crippen LogP contribution in [0.1, 0.15) is 13.8 Å². The first-order valence-electron chi connectivity index (χ1n) is 4.01. The standard InChI is InChI=1S/C10H11N3/c1-7-3-9(13)8(5-11)10(2,4-7)6-12/h3-4,8H,13H2,1-2H3. The summed E-state index contributed by atoms with van der Waals surface area (Å²) in [5, 5.41) is 17.8. The maximum atomic E-state index is 8.96. The highest BCUT2D eigenvalue weighted by Gasteiger charge is 2.36. The number of allylic oxidation sites excluding steroid dienone is 4. The summed E-state index contributed by atoms with van der Waals surface area (Å²) in [6, 6.07) is 4.18. The lowest BCUT2D eigenvalue weighted by molar-refractivity contribution is 0.453. The third-order valence-corrected chi connectivity index (χ3v) is 2.22. The third kappa shape index (κ3) is 1.41. The van der Waals surface area contributed by atoms with Gasteiger partial charge in [-0.2, -0.15) is 10.5 Å². The second-order valence-electron chi connectivity index (χ2n) is 3.49. The molecule has 3 nitrogen and oxygen atoms in total. The lowest BCUT2D eigenvalue weighted by Crippen LogP contribution is -2.30. The first kappa shape index (κ1) is 9.35. The zero-order chi connectivity index (χ0) is 10.1. The van der Waals surface area contributed by atoms with Gasteiger partial charge >= 0.3 is 0 Å². The largest absolute Gasteiger partial charge is 0.401 e. The Morgan fingerprint density at radius 1 is 1.54 bits per heavy atom. The topological polar surface area (TPSA) is 73.6 Å². The van der Waals surface area contributed by atoms with Crippen molar-refractivity contribution in [3.05, 3.63) is 23.4 Å². The van der Waals surface area contributed by atoms with E-state index >= 15 is 0 Å². The van der Waals surface area contributed by atoms with E-state index in [1.165, 1.54) is 0 Å². The molecule has 0 spiro atoms. The van der Waals surface area contributed by atoms with Crippen LogP contribution in [0.25, 0.3) is 0 Å². The molecule has 3 heteroatoms. The van der Waals surface area contributed by atoms with Gasteiger partial charge in [-0.3, -0.25) is 0 Å². The van der Waals surface area contributed by atoms with Gasteiger partial charge in [0.25, 0.3) is 0 Å². The van der Waals surface area contributed by atoms with Crippen molar-refractivity contribution in [2.75, 3.05) is 0 Å². The molecule has 0 saturated heterocycles. The van der Waals surface area contributed by atoms with Crippen LogP contribution in [0.4, 0.5) is 0 Å². The molecular weight excluding hydrogens is 162 g/mol. The van der Waals surface area contributed by atoms with Crippen LogP contribution >= 0.6 is 0 Å². The molecule has 1 rings (SSSR count). The van der Waals surface area contributed by atoms with Crippen LogP contribution in [-0.2, 0) is 0 Å². The van der Waals surface area contributed by atoms with Gasteiger partial charge in [-0.1, -0.05) is 11.6 Å². The monoisotopic (exact) mass is 173 g/mol. The van der Waals surface area contributed by atoms with E-state index in [4.69, 9.17) is 16.3 Å². The fraction of sp³-hybridized carbons (Fsp3) is 0.400. The zero-order valence-electron chi connectivity index (χ0n) is 7.70. The summed E-state index contributed by atoms with van der Waals surface area (Å²) in [5.41, 5.74) is 6.31. The van der Waals surface area contributed by atoms with Crippen molar-refractivity contribution in [3.8, 4) is 12.1 Å². The number of rotatable bonds is 0. The van der Waals surface area contributed by atoms with E-state index in [0.29, 0.717) is 5.70 Å². The highest BCUT2D eigenvalue weighted by molar-refractivity contribution is 5.38. The van der Waals surface area contributed by atoms with Crippen LogP contribution in [0, 0.1) is 34.0 Å². The molecule has 13 heavy (non-hydrogen) atoms. The summed E-state index contributed by atoms with van der Waals surface area (Å²) >= 11 is 0. The first-order valence-corrected chi connectivity index (χ1v) is 4.01. The van der Waals surface area contributed by atoms with Gasteiger partial charge in [0, 0.05) is 5.70 Å². The van der Waals surface area contributed by atoms with E-state index in [9.17, 15) is 0 Å². The molecule has 0 heterocycles. The van der Waals surface area contributed by atoms with Crippen LogP contribution in [-0.4, -0.2) is 0 Å². The Balaban J connectivity index is 3.22. The highest BCUT2D eigenvalue weighted by Crippen LogP contribution is 2.36. The molecule has 0 radical (unpaired) electrons. The van der Waals surface area contributed by atoms with Gasteiger partial charge in [0.2, 0.25) is 0 Å². The predicted octanol–water partition coefficient (Wildman–Crippen LogP) is 1.46. The Kier molecular flexibility index (Phi) is 2.12. The van der Waals surface area contributed by atoms with Crippen molar-refractivity contribution >= 4 is 0 Å². The van der Waals surface area contributed by atoms with Crippen molar-refractivity contribution in [2.45, 2.75) is 13.8 Å². The number of nitrogens with zero attached hydrogens (tertiary/aromatic N) is 2. The summed E-state index contributed by atoms with van der Waals surface area (Å²) in [6.45, 7) is 3.60. The number of nitrogens with two attached hydrogens (primary N) is 1. The van der Waals surface area contributed by atoms with Gasteiger partial charge in [0.15, 0.2) is 0 Å². The molecule has 1 aliphatic carbocycles. The molecule has 0 bridgehead atoms. The van der Waals surface area contributed by atoms with Gasteiger partial charge in [0.1, 0.15) is 5.92 Å². The molecule has 0 aromatic carbocycles. The second kappa shape index (κ2) is 2.95. The van der Waals surface area contributed by atoms with E-state index < -0.39 is 11.3 Å². The van der Waals surface area contributed by atoms with Crippen LogP contribution in [0.3, 0.4) is 0 Å². The molecule has 1 aliphatic rings. The Morgan fingerprint density at radius 2 is 2.15 bits per heavy atom. The summed E-state index contributed by atoms with van der Waals surface area (Å²) in [6.07, 6.45) is 3.53. The Bertz CT molecular complexity index is 365. The van der Waals surface area contributed by atoms with Gasteiger partial charge in [0.05, 0.1) is 17.6 Å². The molecule has 66 valence electrons. The van der Waals surface area contributed by atoms with E-state index in [-0.39, 0.29) is 0 Å². The smallest absolute Gasteiger partial charge is 0.108 e. The molecule has 0 aliphatic heterocycles. The molecule has 0 aromatic heterocycles. The fourth-order valence-electron chi connectivity index (χ4n) is 1.60. The third-order valence-electron chi connectivity index (χ3n) is 2.22. The average Bonchev–Trinajstić information content (AvgIpc) is 2.03. The predicted molar refractivity (Wildman–Crippen MR) is 48.9 cm³/mol. The van der Waals surface area contributed by atoms with Crippen LogP contribution in [0.5, 0.6) is 0 Å². The maximum Gasteiger partial charge on any atom is 0.108 e. The van der Waals surface area contributed by atoms with Gasteiger partial charge in [-0.25, -0.2) is 0 Å². The van der Waals surface area contributed by atoms with Gasteiger partial charge in [-0.05, 0) is 19.9 Å². The van der Waals surface area contributed by atoms with Gasteiger partial charge in [-0.15, -0.1) is 0 Å². The molecule has 0 amide bonds. The first-order chi connectivity index (χ1) is 6.03. The lowest BCUT2D eigenvalue weighted by atomic mass is 9.73. The molecule has 2 N–H and O–H groups in total. The second-order valence-corrected chi connectivity index (χ2v) is 3.49. The minimum absolute atomic E-state index is 0.478. The Morgan fingerprint density at radius 3 is 2.62 bits per heavy atom. The van der Waals surface area contributed by atoms with E-state index in [2.05, 4.69) is 12.1 Å². The quantitative estimate of drug-likeness (QED) is 0.602. The number of hydrogen-bond donors (Lipinski definition) is 1. The summed E-state index contributed by atoms with van der Waals surface area (Å²) in [5.74, 6) is -0.527. The van der Waals surface area contributed by atoms with Crippen molar-refractivity contribution in [2.24, 2.45) is 17.1 Å². The van der Waals surface area contributed by atoms with Crippen LogP contribution in [0.15, 0.2) is 23.4 Å². The lowest BCUT2D eigenvalue weighted by Gasteiger charge is -2.27. The van der Waals surface area contributed by atoms with Crippen LogP contribution < -0.4 is 5.73 Å². The molecular formula is C10H11N3. The van der Waals surface area contributed by atoms with Crippen molar-refractivity contribution in [1.82, 2.24) is 0 Å². The van der Waals surface area contributed by atoms with Crippen LogP contribution in [0.2, 0.25) is 0 Å². The van der Waals surface area contributed by atoms with Gasteiger partial charge < -0.3 is 5.73 Å². The summed E-state index contributed by atoms with van der Waals surface area (Å²) in [4.78, 5) is 0. The number of nitriles is 2. The molecule has 0 saturated carbocycles. The SMILES string of the molecule is CC1=CC(C)(C#N)C(C#N)C(N)=C1. The normalized spacial score (nSPS) is 32.5. The fourth-order valence-corrected chi connectivity index (χ4v) is 1.60. The maximum absolute atomic E-state index is 8.96. The van der Waals surface area contributed by atoms with Crippen molar-refractivity contribution in [3.63, 3.8) is 0 Å². The van der Waals surface area contributed by atoms with E-state index in [1.54, 1.807) is 19.1 Å². The highest BCUT2D eigenvalue weighted by atomic mass is 14.6. The van der Waals surface area contributed by atoms with Crippen molar-refractivity contribution in [1.29, 1.82) is 10.5 Å². The Hall–Kier alpha value is -1.74. The molecule has 2 unspecified atom stereocenters. The van der Waals surface area contributed by atoms with Crippen molar-refractivity contribution < 1.29 is 0 Å². The zero-order valence-corrected chi connectivity index (χ0v) is 7.70. The van der Waals surface area contributed by atoms with E-state index in [0.717, 1.165) is 5.57 Å². The van der Waals surface area contributed by atoms with E-state index in [1.807, 2.05) is 6.92 Å². The summed E-state index contributed by atoms with van der Waals surface area (Å²) < 4.78 is 0. The minimum Gasteiger partial charge on any atom is -0.401 e.